The van der Waals surface area contributed by atoms with Crippen LogP contribution in [0.25, 0.3) is 11.0 Å². The fourth-order valence-electron chi connectivity index (χ4n) is 3.50. The first-order chi connectivity index (χ1) is 13.7. The lowest BCUT2D eigenvalue weighted by Crippen LogP contribution is -2.43. The van der Waals surface area contributed by atoms with Crippen LogP contribution in [0.3, 0.4) is 0 Å². The van der Waals surface area contributed by atoms with Crippen LogP contribution in [0.15, 0.2) is 72.8 Å². The Morgan fingerprint density at radius 3 is 2.50 bits per heavy atom. The van der Waals surface area contributed by atoms with E-state index in [0.717, 1.165) is 22.3 Å². The summed E-state index contributed by atoms with van der Waals surface area (Å²) in [5.41, 5.74) is 4.46. The molecule has 6 heteroatoms. The highest BCUT2D eigenvalue weighted by molar-refractivity contribution is 6.11. The third-order valence-corrected chi connectivity index (χ3v) is 4.89. The van der Waals surface area contributed by atoms with E-state index in [-0.39, 0.29) is 5.91 Å². The molecule has 0 saturated carbocycles. The van der Waals surface area contributed by atoms with Gasteiger partial charge in [-0.05, 0) is 42.0 Å². The van der Waals surface area contributed by atoms with Gasteiger partial charge in [-0.3, -0.25) is 9.69 Å². The van der Waals surface area contributed by atoms with Crippen molar-refractivity contribution in [3.63, 3.8) is 0 Å². The number of nitrogens with zero attached hydrogens (tertiary/aromatic N) is 3. The van der Waals surface area contributed by atoms with Crippen molar-refractivity contribution in [1.82, 2.24) is 9.97 Å². The molecule has 6 nitrogen and oxygen atoms in total. The molecular formula is C22H15N5O. The van der Waals surface area contributed by atoms with E-state index in [2.05, 4.69) is 21.4 Å². The van der Waals surface area contributed by atoms with Crippen LogP contribution in [0, 0.1) is 11.3 Å². The third kappa shape index (κ3) is 2.49. The molecule has 1 aromatic heterocycles. The van der Waals surface area contributed by atoms with E-state index in [1.165, 1.54) is 0 Å². The third-order valence-electron chi connectivity index (χ3n) is 4.89. The number of amides is 1. The van der Waals surface area contributed by atoms with Crippen LogP contribution in [0.1, 0.15) is 27.7 Å². The molecule has 0 aliphatic carbocycles. The summed E-state index contributed by atoms with van der Waals surface area (Å²) in [6.07, 6.45) is -0.448. The lowest BCUT2D eigenvalue weighted by molar-refractivity contribution is 0.0973. The molecule has 1 unspecified atom stereocenters. The highest BCUT2D eigenvalue weighted by Gasteiger charge is 2.35. The van der Waals surface area contributed by atoms with E-state index < -0.39 is 6.17 Å². The van der Waals surface area contributed by atoms with E-state index in [1.807, 2.05) is 54.6 Å². The fraction of sp³-hybridized carbons (Fsp3) is 0.0455. The van der Waals surface area contributed by atoms with Gasteiger partial charge in [0.05, 0.1) is 28.2 Å². The molecule has 2 heterocycles. The molecular weight excluding hydrogens is 350 g/mol. The van der Waals surface area contributed by atoms with E-state index in [0.29, 0.717) is 17.1 Å². The summed E-state index contributed by atoms with van der Waals surface area (Å²) in [7, 11) is 0. The normalized spacial score (nSPS) is 15.8. The molecule has 134 valence electrons. The summed E-state index contributed by atoms with van der Waals surface area (Å²) in [6, 6.07) is 24.4. The van der Waals surface area contributed by atoms with Gasteiger partial charge in [-0.15, -0.1) is 0 Å². The Morgan fingerprint density at radius 1 is 0.964 bits per heavy atom. The highest BCUT2D eigenvalue weighted by Crippen LogP contribution is 2.36. The number of aromatic amines is 1. The number of nitrogens with one attached hydrogen (secondary N) is 2. The Hall–Kier alpha value is -4.11. The SMILES string of the molecule is N#Cc1ccc(C2Nc3ccccc3C(=O)N2c2nc3ccccc3[nH]2)cc1. The summed E-state index contributed by atoms with van der Waals surface area (Å²) in [5.74, 6) is 0.338. The Labute approximate surface area is 161 Å². The van der Waals surface area contributed by atoms with Gasteiger partial charge in [0.2, 0.25) is 5.95 Å². The first kappa shape index (κ1) is 16.1. The Bertz CT molecular complexity index is 1200. The maximum Gasteiger partial charge on any atom is 0.264 e. The van der Waals surface area contributed by atoms with Crippen LogP contribution < -0.4 is 10.2 Å². The Balaban J connectivity index is 1.67. The Morgan fingerprint density at radius 2 is 1.71 bits per heavy atom. The number of imidazole rings is 1. The van der Waals surface area contributed by atoms with E-state index in [9.17, 15) is 4.79 Å². The van der Waals surface area contributed by atoms with Crippen molar-refractivity contribution in [2.24, 2.45) is 0 Å². The van der Waals surface area contributed by atoms with Crippen LogP contribution in [0.5, 0.6) is 0 Å². The summed E-state index contributed by atoms with van der Waals surface area (Å²) < 4.78 is 0. The average Bonchev–Trinajstić information content (AvgIpc) is 3.17. The van der Waals surface area contributed by atoms with E-state index in [1.54, 1.807) is 23.1 Å². The number of fused-ring (bicyclic) bond motifs is 2. The van der Waals surface area contributed by atoms with Crippen molar-refractivity contribution >= 4 is 28.6 Å². The Kier molecular flexibility index (Phi) is 3.59. The minimum absolute atomic E-state index is 0.136. The molecule has 0 radical (unpaired) electrons. The zero-order valence-electron chi connectivity index (χ0n) is 14.8. The number of H-pyrrole nitrogens is 1. The number of hydrogen-bond donors (Lipinski definition) is 2. The van der Waals surface area contributed by atoms with Gasteiger partial charge in [-0.25, -0.2) is 4.98 Å². The second-order valence-electron chi connectivity index (χ2n) is 6.58. The van der Waals surface area contributed by atoms with Crippen molar-refractivity contribution in [2.75, 3.05) is 10.2 Å². The number of anilines is 2. The molecule has 0 spiro atoms. The van der Waals surface area contributed by atoms with Gasteiger partial charge in [0.15, 0.2) is 0 Å². The molecule has 1 aliphatic heterocycles. The molecule has 2 N–H and O–H groups in total. The van der Waals surface area contributed by atoms with Crippen molar-refractivity contribution in [3.8, 4) is 6.07 Å². The smallest absolute Gasteiger partial charge is 0.264 e. The van der Waals surface area contributed by atoms with Crippen LogP contribution in [-0.4, -0.2) is 15.9 Å². The van der Waals surface area contributed by atoms with Crippen LogP contribution >= 0.6 is 0 Å². The van der Waals surface area contributed by atoms with Gasteiger partial charge in [0, 0.05) is 5.69 Å². The van der Waals surface area contributed by atoms with Crippen molar-refractivity contribution in [3.05, 3.63) is 89.5 Å². The van der Waals surface area contributed by atoms with Crippen LogP contribution in [0.2, 0.25) is 0 Å². The molecule has 28 heavy (non-hydrogen) atoms. The van der Waals surface area contributed by atoms with E-state index in [4.69, 9.17) is 5.26 Å². The largest absolute Gasteiger partial charge is 0.360 e. The maximum absolute atomic E-state index is 13.4. The zero-order valence-corrected chi connectivity index (χ0v) is 14.8. The van der Waals surface area contributed by atoms with Crippen molar-refractivity contribution in [1.29, 1.82) is 5.26 Å². The first-order valence-corrected chi connectivity index (χ1v) is 8.88. The fourth-order valence-corrected chi connectivity index (χ4v) is 3.50. The number of rotatable bonds is 2. The molecule has 4 aromatic rings. The number of para-hydroxylation sites is 3. The highest BCUT2D eigenvalue weighted by atomic mass is 16.2. The van der Waals surface area contributed by atoms with Gasteiger partial charge < -0.3 is 10.3 Å². The molecule has 0 bridgehead atoms. The molecule has 1 atom stereocenters. The molecule has 5 rings (SSSR count). The lowest BCUT2D eigenvalue weighted by Gasteiger charge is -2.36. The zero-order chi connectivity index (χ0) is 19.1. The number of hydrogen-bond acceptors (Lipinski definition) is 4. The number of benzene rings is 3. The second kappa shape index (κ2) is 6.25. The molecule has 1 aliphatic rings. The molecule has 3 aromatic carbocycles. The van der Waals surface area contributed by atoms with Gasteiger partial charge in [-0.1, -0.05) is 36.4 Å². The standard InChI is InChI=1S/C22H15N5O/c23-13-14-9-11-15(12-10-14)20-24-17-6-2-1-5-16(17)21(28)27(20)22-25-18-7-3-4-8-19(18)26-22/h1-12,20,24H,(H,25,26). The van der Waals surface area contributed by atoms with Gasteiger partial charge in [0.25, 0.3) is 5.91 Å². The number of carbonyl (C=O) groups is 1. The maximum atomic E-state index is 13.4. The second-order valence-corrected chi connectivity index (χ2v) is 6.58. The van der Waals surface area contributed by atoms with Gasteiger partial charge in [0.1, 0.15) is 6.17 Å². The monoisotopic (exact) mass is 365 g/mol. The molecule has 0 saturated heterocycles. The topological polar surface area (TPSA) is 84.8 Å². The molecule has 0 fully saturated rings. The average molecular weight is 365 g/mol. The minimum Gasteiger partial charge on any atom is -0.360 e. The summed E-state index contributed by atoms with van der Waals surface area (Å²) in [5, 5.41) is 12.5. The lowest BCUT2D eigenvalue weighted by atomic mass is 10.0. The van der Waals surface area contributed by atoms with E-state index >= 15 is 0 Å². The summed E-state index contributed by atoms with van der Waals surface area (Å²) >= 11 is 0. The van der Waals surface area contributed by atoms with Crippen molar-refractivity contribution in [2.45, 2.75) is 6.17 Å². The van der Waals surface area contributed by atoms with Crippen LogP contribution in [0.4, 0.5) is 11.6 Å². The number of aromatic nitrogens is 2. The van der Waals surface area contributed by atoms with Gasteiger partial charge in [-0.2, -0.15) is 5.26 Å². The van der Waals surface area contributed by atoms with Crippen molar-refractivity contribution < 1.29 is 4.79 Å². The predicted octanol–water partition coefficient (Wildman–Crippen LogP) is 4.21. The summed E-state index contributed by atoms with van der Waals surface area (Å²) in [6.45, 7) is 0. The number of carbonyl (C=O) groups excluding carboxylic acids is 1. The number of nitriles is 1. The predicted molar refractivity (Wildman–Crippen MR) is 107 cm³/mol. The summed E-state index contributed by atoms with van der Waals surface area (Å²) in [4.78, 5) is 22.9. The molecule has 1 amide bonds. The minimum atomic E-state index is -0.448. The quantitative estimate of drug-likeness (QED) is 0.557. The van der Waals surface area contributed by atoms with Crippen LogP contribution in [-0.2, 0) is 0 Å². The first-order valence-electron chi connectivity index (χ1n) is 8.88. The van der Waals surface area contributed by atoms with Gasteiger partial charge >= 0.3 is 0 Å².